The summed E-state index contributed by atoms with van der Waals surface area (Å²) in [5.74, 6) is 10.9. The van der Waals surface area contributed by atoms with E-state index in [1.807, 2.05) is 0 Å². The molecule has 0 saturated carbocycles. The summed E-state index contributed by atoms with van der Waals surface area (Å²) in [5.41, 5.74) is -0.884. The second-order valence-corrected chi connectivity index (χ2v) is 11.4. The zero-order chi connectivity index (χ0) is 20.8. The molecule has 0 unspecified atom stereocenters. The van der Waals surface area contributed by atoms with E-state index in [0.717, 1.165) is 18.1 Å². The quantitative estimate of drug-likeness (QED) is 0.384. The van der Waals surface area contributed by atoms with Gasteiger partial charge in [-0.2, -0.15) is 0 Å². The number of methoxy groups -OCH3 is 3. The highest BCUT2D eigenvalue weighted by Gasteiger charge is 2.60. The molecule has 0 aromatic rings. The molecule has 2 atom stereocenters. The van der Waals surface area contributed by atoms with Crippen LogP contribution in [0.4, 0.5) is 0 Å². The summed E-state index contributed by atoms with van der Waals surface area (Å²) >= 11 is 0. The van der Waals surface area contributed by atoms with Crippen molar-refractivity contribution < 1.29 is 23.7 Å². The molecule has 0 aromatic carbocycles. The minimum absolute atomic E-state index is 0.403. The van der Waals surface area contributed by atoms with Crippen LogP contribution in [0.15, 0.2) is 35.6 Å². The Balaban J connectivity index is 2.86. The van der Waals surface area contributed by atoms with Crippen LogP contribution < -0.4 is 0 Å². The Morgan fingerprint density at radius 2 is 1.64 bits per heavy atom. The van der Waals surface area contributed by atoms with E-state index in [-0.39, 0.29) is 0 Å². The van der Waals surface area contributed by atoms with Crippen molar-refractivity contribution >= 4 is 8.32 Å². The Labute approximate surface area is 169 Å². The van der Waals surface area contributed by atoms with E-state index in [9.17, 15) is 5.11 Å². The van der Waals surface area contributed by atoms with Gasteiger partial charge in [-0.25, -0.2) is 0 Å². The van der Waals surface area contributed by atoms with E-state index in [1.165, 1.54) is 14.2 Å². The molecule has 0 aliphatic heterocycles. The van der Waals surface area contributed by atoms with Crippen LogP contribution in [-0.2, 0) is 18.6 Å². The summed E-state index contributed by atoms with van der Waals surface area (Å²) in [6.45, 7) is 6.43. The summed E-state index contributed by atoms with van der Waals surface area (Å²) in [6, 6.07) is 2.75. The zero-order valence-electron chi connectivity index (χ0n) is 17.6. The monoisotopic (exact) mass is 402 g/mol. The molecule has 0 amide bonds. The van der Waals surface area contributed by atoms with Crippen LogP contribution >= 0.6 is 0 Å². The largest absolute Gasteiger partial charge is 0.497 e. The van der Waals surface area contributed by atoms with Crippen LogP contribution in [0.1, 0.15) is 20.8 Å². The Morgan fingerprint density at radius 1 is 1.04 bits per heavy atom. The third kappa shape index (κ3) is 3.72. The van der Waals surface area contributed by atoms with Crippen molar-refractivity contribution in [3.05, 3.63) is 35.6 Å². The molecule has 0 saturated heterocycles. The SMILES string of the molecule is CC[Si](CC)(CC)O[C@]12C#C/C=C\C#C[C@@H](O)C(=CC(OC)=C1)C2(OC)OC. The molecule has 2 rings (SSSR count). The van der Waals surface area contributed by atoms with Gasteiger partial charge in [0.25, 0.3) is 0 Å². The van der Waals surface area contributed by atoms with E-state index in [1.54, 1.807) is 31.4 Å². The lowest BCUT2D eigenvalue weighted by molar-refractivity contribution is -0.246. The summed E-state index contributed by atoms with van der Waals surface area (Å²) in [6.07, 6.45) is 5.60. The number of aliphatic hydroxyl groups is 1. The standard InChI is InChI=1S/C22H30O5Si/c1-7-28(8-2,9-3)27-21-15-13-11-10-12-14-20(23)19(16-18(17-21)24-4)22(21,25-5)26-6/h10-11,16-17,20,23H,7-9H2,1-6H3/b11-10-/t20-,21-/m1/s1. The molecule has 5 nitrogen and oxygen atoms in total. The van der Waals surface area contributed by atoms with Gasteiger partial charge in [-0.05, 0) is 36.4 Å². The number of hydrogen-bond acceptors (Lipinski definition) is 5. The van der Waals surface area contributed by atoms with E-state index in [0.29, 0.717) is 11.3 Å². The summed E-state index contributed by atoms with van der Waals surface area (Å²) in [7, 11) is 2.44. The molecular weight excluding hydrogens is 372 g/mol. The molecule has 1 N–H and O–H groups in total. The van der Waals surface area contributed by atoms with Crippen molar-refractivity contribution in [3.63, 3.8) is 0 Å². The second kappa shape index (κ2) is 9.13. The van der Waals surface area contributed by atoms with Gasteiger partial charge in [0.15, 0.2) is 8.32 Å². The predicted octanol–water partition coefficient (Wildman–Crippen LogP) is 3.14. The Hall–Kier alpha value is -1.80. The van der Waals surface area contributed by atoms with Gasteiger partial charge in [-0.1, -0.05) is 44.5 Å². The lowest BCUT2D eigenvalue weighted by atomic mass is 9.79. The van der Waals surface area contributed by atoms with Crippen molar-refractivity contribution in [2.45, 2.75) is 56.4 Å². The van der Waals surface area contributed by atoms with Crippen LogP contribution in [0.5, 0.6) is 0 Å². The van der Waals surface area contributed by atoms with E-state index in [4.69, 9.17) is 18.6 Å². The third-order valence-corrected chi connectivity index (χ3v) is 10.3. The lowest BCUT2D eigenvalue weighted by Gasteiger charge is -2.50. The first-order valence-electron chi connectivity index (χ1n) is 9.58. The van der Waals surface area contributed by atoms with Crippen molar-refractivity contribution in [2.24, 2.45) is 0 Å². The maximum Gasteiger partial charge on any atom is 0.239 e. The summed E-state index contributed by atoms with van der Waals surface area (Å²) in [4.78, 5) is 0. The number of allylic oxidation sites excluding steroid dienone is 3. The van der Waals surface area contributed by atoms with Crippen molar-refractivity contribution in [1.29, 1.82) is 0 Å². The van der Waals surface area contributed by atoms with E-state index >= 15 is 0 Å². The average Bonchev–Trinajstić information content (AvgIpc) is 2.73. The van der Waals surface area contributed by atoms with Gasteiger partial charge >= 0.3 is 0 Å². The first kappa shape index (κ1) is 22.5. The van der Waals surface area contributed by atoms with E-state index < -0.39 is 25.8 Å². The lowest BCUT2D eigenvalue weighted by Crippen LogP contribution is -2.64. The molecule has 2 aliphatic rings. The molecule has 2 bridgehead atoms. The fraction of sp³-hybridized carbons (Fsp3) is 0.545. The normalized spacial score (nSPS) is 26.6. The number of ether oxygens (including phenoxy) is 3. The van der Waals surface area contributed by atoms with Crippen LogP contribution in [0, 0.1) is 23.7 Å². The van der Waals surface area contributed by atoms with Crippen LogP contribution in [-0.4, -0.2) is 52.2 Å². The molecule has 0 fully saturated rings. The van der Waals surface area contributed by atoms with Gasteiger partial charge < -0.3 is 23.7 Å². The molecule has 28 heavy (non-hydrogen) atoms. The van der Waals surface area contributed by atoms with Crippen molar-refractivity contribution in [1.82, 2.24) is 0 Å². The van der Waals surface area contributed by atoms with Crippen molar-refractivity contribution in [3.8, 4) is 23.7 Å². The number of aliphatic hydroxyl groups excluding tert-OH is 1. The minimum atomic E-state index is -2.18. The highest BCUT2D eigenvalue weighted by molar-refractivity contribution is 6.73. The summed E-state index contributed by atoms with van der Waals surface area (Å²) < 4.78 is 24.3. The maximum absolute atomic E-state index is 10.8. The number of hydrogen-bond donors (Lipinski definition) is 1. The molecule has 0 spiro atoms. The highest BCUT2D eigenvalue weighted by Crippen LogP contribution is 2.46. The number of fused-ring (bicyclic) bond motifs is 2. The van der Waals surface area contributed by atoms with Gasteiger partial charge in [0, 0.05) is 25.9 Å². The number of rotatable bonds is 8. The van der Waals surface area contributed by atoms with Gasteiger partial charge in [-0.15, -0.1) is 0 Å². The first-order valence-corrected chi connectivity index (χ1v) is 12.1. The summed E-state index contributed by atoms with van der Waals surface area (Å²) in [5, 5.41) is 10.8. The van der Waals surface area contributed by atoms with Gasteiger partial charge in [0.05, 0.1) is 7.11 Å². The molecule has 152 valence electrons. The Morgan fingerprint density at radius 3 is 2.18 bits per heavy atom. The van der Waals surface area contributed by atoms with Gasteiger partial charge in [-0.3, -0.25) is 0 Å². The Kier molecular flexibility index (Phi) is 7.33. The third-order valence-electron chi connectivity index (χ3n) is 5.66. The molecule has 6 heteroatoms. The Bertz CT molecular complexity index is 773. The second-order valence-electron chi connectivity index (χ2n) is 6.75. The van der Waals surface area contributed by atoms with Crippen LogP contribution in [0.3, 0.4) is 0 Å². The molecule has 2 aliphatic carbocycles. The fourth-order valence-corrected chi connectivity index (χ4v) is 6.64. The van der Waals surface area contributed by atoms with Gasteiger partial charge in [0.2, 0.25) is 11.4 Å². The fourth-order valence-electron chi connectivity index (χ4n) is 3.78. The zero-order valence-corrected chi connectivity index (χ0v) is 18.6. The van der Waals surface area contributed by atoms with Gasteiger partial charge in [0.1, 0.15) is 11.9 Å². The molecule has 0 heterocycles. The minimum Gasteiger partial charge on any atom is -0.497 e. The van der Waals surface area contributed by atoms with Crippen molar-refractivity contribution in [2.75, 3.05) is 21.3 Å². The molecule has 0 radical (unpaired) electrons. The molecular formula is C22H30O5Si. The average molecular weight is 403 g/mol. The molecule has 0 aromatic heterocycles. The topological polar surface area (TPSA) is 57.2 Å². The predicted molar refractivity (Wildman–Crippen MR) is 112 cm³/mol. The smallest absolute Gasteiger partial charge is 0.239 e. The highest BCUT2D eigenvalue weighted by atomic mass is 28.4. The maximum atomic E-state index is 10.8. The first-order chi connectivity index (χ1) is 13.4. The van der Waals surface area contributed by atoms with Crippen LogP contribution in [0.2, 0.25) is 18.1 Å². The van der Waals surface area contributed by atoms with Crippen LogP contribution in [0.25, 0.3) is 0 Å². The van der Waals surface area contributed by atoms with E-state index in [2.05, 4.69) is 44.5 Å².